The van der Waals surface area contributed by atoms with Crippen LogP contribution < -0.4 is 10.1 Å². The number of hydrogen-bond acceptors (Lipinski definition) is 7. The van der Waals surface area contributed by atoms with E-state index in [1.54, 1.807) is 17.5 Å². The molecule has 1 atom stereocenters. The summed E-state index contributed by atoms with van der Waals surface area (Å²) in [7, 11) is 0. The molecule has 0 bridgehead atoms. The Morgan fingerprint density at radius 3 is 2.72 bits per heavy atom. The molecule has 2 aromatic carbocycles. The molecule has 1 aliphatic heterocycles. The fourth-order valence-electron chi connectivity index (χ4n) is 3.50. The Morgan fingerprint density at radius 1 is 1.09 bits per heavy atom. The summed E-state index contributed by atoms with van der Waals surface area (Å²) < 4.78 is 6.03. The molecule has 1 fully saturated rings. The minimum atomic E-state index is -0.396. The summed E-state index contributed by atoms with van der Waals surface area (Å²) in [6.45, 7) is 2.45. The summed E-state index contributed by atoms with van der Waals surface area (Å²) in [5, 5.41) is 3.59. The first-order valence-corrected chi connectivity index (χ1v) is 11.8. The number of imide groups is 1. The number of fused-ring (bicyclic) bond motifs is 1. The quantitative estimate of drug-likeness (QED) is 0.428. The van der Waals surface area contributed by atoms with Gasteiger partial charge in [-0.25, -0.2) is 4.98 Å². The second-order valence-electron chi connectivity index (χ2n) is 7.47. The maximum Gasteiger partial charge on any atom is 0.286 e. The number of amides is 2. The van der Waals surface area contributed by atoms with E-state index in [0.717, 1.165) is 55.1 Å². The molecule has 32 heavy (non-hydrogen) atoms. The van der Waals surface area contributed by atoms with E-state index >= 15 is 0 Å². The minimum absolute atomic E-state index is 0.238. The lowest BCUT2D eigenvalue weighted by Crippen LogP contribution is -2.25. The molecular weight excluding hydrogens is 442 g/mol. The van der Waals surface area contributed by atoms with E-state index in [1.165, 1.54) is 0 Å². The van der Waals surface area contributed by atoms with E-state index in [0.29, 0.717) is 13.0 Å². The van der Waals surface area contributed by atoms with Crippen LogP contribution in [-0.2, 0) is 17.8 Å². The van der Waals surface area contributed by atoms with Gasteiger partial charge in [-0.1, -0.05) is 42.1 Å². The molecule has 2 aromatic heterocycles. The summed E-state index contributed by atoms with van der Waals surface area (Å²) in [5.41, 5.74) is 3.82. The van der Waals surface area contributed by atoms with E-state index in [2.05, 4.69) is 27.4 Å². The van der Waals surface area contributed by atoms with Crippen LogP contribution in [0.5, 0.6) is 5.75 Å². The Kier molecular flexibility index (Phi) is 5.63. The highest BCUT2D eigenvalue weighted by molar-refractivity contribution is 8.15. The van der Waals surface area contributed by atoms with Gasteiger partial charge in [0.05, 0.1) is 21.3 Å². The third kappa shape index (κ3) is 4.37. The van der Waals surface area contributed by atoms with Gasteiger partial charge in [-0.05, 0) is 37.1 Å². The minimum Gasteiger partial charge on any atom is -0.488 e. The van der Waals surface area contributed by atoms with Crippen LogP contribution in [0.2, 0.25) is 0 Å². The number of nitrogens with one attached hydrogen (secondary N) is 1. The molecule has 1 N–H and O–H groups in total. The fourth-order valence-corrected chi connectivity index (χ4v) is 5.35. The first-order valence-electron chi connectivity index (χ1n) is 10.1. The number of aromatic nitrogens is 2. The van der Waals surface area contributed by atoms with Crippen LogP contribution in [0.1, 0.15) is 16.1 Å². The Bertz CT molecular complexity index is 1320. The van der Waals surface area contributed by atoms with Crippen molar-refractivity contribution in [3.8, 4) is 16.3 Å². The maximum absolute atomic E-state index is 11.8. The maximum atomic E-state index is 11.8. The molecular formula is C24H19N3O3S2. The fraction of sp³-hybridized carbons (Fsp3) is 0.167. The lowest BCUT2D eigenvalue weighted by molar-refractivity contribution is -0.118. The molecule has 160 valence electrons. The Labute approximate surface area is 193 Å². The van der Waals surface area contributed by atoms with Gasteiger partial charge in [0.15, 0.2) is 0 Å². The Balaban J connectivity index is 1.28. The zero-order chi connectivity index (χ0) is 22.1. The molecule has 8 heteroatoms. The molecule has 0 radical (unpaired) electrons. The first kappa shape index (κ1) is 20.7. The van der Waals surface area contributed by atoms with Crippen molar-refractivity contribution in [1.82, 2.24) is 15.3 Å². The lowest BCUT2D eigenvalue weighted by atomic mass is 10.1. The molecule has 0 saturated carbocycles. The molecule has 1 unspecified atom stereocenters. The van der Waals surface area contributed by atoms with E-state index < -0.39 is 5.25 Å². The molecule has 5 rings (SSSR count). The number of carbonyl (C=O) groups excluding carboxylic acids is 2. The topological polar surface area (TPSA) is 81.2 Å². The SMILES string of the molecule is Cc1nc(-c2ccccc2)sc1COc1ccc2cc(CC3SC(=O)NC3=O)cnc2c1. The van der Waals surface area contributed by atoms with Crippen LogP contribution in [0.15, 0.2) is 60.8 Å². The predicted molar refractivity (Wildman–Crippen MR) is 127 cm³/mol. The van der Waals surface area contributed by atoms with Crippen LogP contribution in [0.4, 0.5) is 4.79 Å². The van der Waals surface area contributed by atoms with Crippen molar-refractivity contribution in [2.24, 2.45) is 0 Å². The van der Waals surface area contributed by atoms with E-state index in [4.69, 9.17) is 4.74 Å². The largest absolute Gasteiger partial charge is 0.488 e. The van der Waals surface area contributed by atoms with Crippen molar-refractivity contribution < 1.29 is 14.3 Å². The summed E-state index contributed by atoms with van der Waals surface area (Å²) in [5.74, 6) is 0.501. The van der Waals surface area contributed by atoms with Gasteiger partial charge in [-0.15, -0.1) is 11.3 Å². The standard InChI is InChI=1S/C24H19N3O3S2/c1-14-21(31-23(26-14)16-5-3-2-4-6-16)13-30-18-8-7-17-9-15(12-25-19(17)11-18)10-20-22(28)27-24(29)32-20/h2-9,11-12,20H,10,13H2,1H3,(H,27,28,29). The second kappa shape index (κ2) is 8.72. The number of benzene rings is 2. The number of ether oxygens (including phenoxy) is 1. The number of nitrogens with zero attached hydrogens (tertiary/aromatic N) is 2. The third-order valence-electron chi connectivity index (χ3n) is 5.18. The van der Waals surface area contributed by atoms with Gasteiger partial charge >= 0.3 is 0 Å². The number of rotatable bonds is 6. The number of pyridine rings is 1. The Hall–Kier alpha value is -3.23. The Morgan fingerprint density at radius 2 is 1.94 bits per heavy atom. The summed E-state index contributed by atoms with van der Waals surface area (Å²) >= 11 is 2.67. The second-order valence-corrected chi connectivity index (χ2v) is 9.73. The van der Waals surface area contributed by atoms with Gasteiger partial charge in [-0.2, -0.15) is 0 Å². The number of thiazole rings is 1. The zero-order valence-electron chi connectivity index (χ0n) is 17.2. The highest BCUT2D eigenvalue weighted by Gasteiger charge is 2.31. The van der Waals surface area contributed by atoms with Gasteiger partial charge in [0.2, 0.25) is 5.91 Å². The van der Waals surface area contributed by atoms with Crippen LogP contribution in [0, 0.1) is 6.92 Å². The smallest absolute Gasteiger partial charge is 0.286 e. The molecule has 6 nitrogen and oxygen atoms in total. The summed E-state index contributed by atoms with van der Waals surface area (Å²) in [4.78, 5) is 33.5. The molecule has 1 aliphatic rings. The highest BCUT2D eigenvalue weighted by atomic mass is 32.2. The van der Waals surface area contributed by atoms with E-state index in [9.17, 15) is 9.59 Å². The molecule has 0 spiro atoms. The molecule has 4 aromatic rings. The highest BCUT2D eigenvalue weighted by Crippen LogP contribution is 2.29. The van der Waals surface area contributed by atoms with Crippen LogP contribution >= 0.6 is 23.1 Å². The summed E-state index contributed by atoms with van der Waals surface area (Å²) in [6, 6.07) is 17.9. The summed E-state index contributed by atoms with van der Waals surface area (Å²) in [6.07, 6.45) is 2.22. The molecule has 2 amide bonds. The van der Waals surface area contributed by atoms with Crippen molar-refractivity contribution in [3.63, 3.8) is 0 Å². The van der Waals surface area contributed by atoms with Crippen molar-refractivity contribution in [2.45, 2.75) is 25.2 Å². The van der Waals surface area contributed by atoms with Gasteiger partial charge in [0.1, 0.15) is 17.4 Å². The first-order chi connectivity index (χ1) is 15.5. The number of thioether (sulfide) groups is 1. The van der Waals surface area contributed by atoms with Crippen molar-refractivity contribution in [3.05, 3.63) is 76.9 Å². The lowest BCUT2D eigenvalue weighted by Gasteiger charge is -2.08. The van der Waals surface area contributed by atoms with Crippen LogP contribution in [0.3, 0.4) is 0 Å². The average Bonchev–Trinajstić information content (AvgIpc) is 3.33. The van der Waals surface area contributed by atoms with Crippen LogP contribution in [-0.4, -0.2) is 26.4 Å². The average molecular weight is 462 g/mol. The van der Waals surface area contributed by atoms with E-state index in [-0.39, 0.29) is 11.1 Å². The van der Waals surface area contributed by atoms with E-state index in [1.807, 2.05) is 49.4 Å². The van der Waals surface area contributed by atoms with Gasteiger partial charge in [-0.3, -0.25) is 19.9 Å². The van der Waals surface area contributed by atoms with Crippen LogP contribution in [0.25, 0.3) is 21.5 Å². The zero-order valence-corrected chi connectivity index (χ0v) is 18.8. The predicted octanol–water partition coefficient (Wildman–Crippen LogP) is 5.14. The third-order valence-corrected chi connectivity index (χ3v) is 7.35. The van der Waals surface area contributed by atoms with Crippen molar-refractivity contribution in [2.75, 3.05) is 0 Å². The monoisotopic (exact) mass is 461 g/mol. The van der Waals surface area contributed by atoms with Crippen molar-refractivity contribution >= 4 is 45.1 Å². The number of aryl methyl sites for hydroxylation is 1. The molecule has 1 saturated heterocycles. The van der Waals surface area contributed by atoms with Gasteiger partial charge < -0.3 is 4.74 Å². The molecule has 3 heterocycles. The number of carbonyl (C=O) groups is 2. The molecule has 0 aliphatic carbocycles. The van der Waals surface area contributed by atoms with Gasteiger partial charge in [0.25, 0.3) is 5.24 Å². The van der Waals surface area contributed by atoms with Gasteiger partial charge in [0, 0.05) is 23.2 Å². The van der Waals surface area contributed by atoms with Crippen molar-refractivity contribution in [1.29, 1.82) is 0 Å². The normalized spacial score (nSPS) is 15.8. The number of hydrogen-bond donors (Lipinski definition) is 1.